The third kappa shape index (κ3) is 5.72. The quantitative estimate of drug-likeness (QED) is 0.872. The number of carbonyl (C=O) groups excluding carboxylic acids is 1. The molecule has 1 unspecified atom stereocenters. The first kappa shape index (κ1) is 16.9. The van der Waals surface area contributed by atoms with Crippen molar-refractivity contribution < 1.29 is 4.79 Å². The van der Waals surface area contributed by atoms with Crippen molar-refractivity contribution in [1.82, 2.24) is 20.2 Å². The zero-order valence-electron chi connectivity index (χ0n) is 14.1. The molecule has 0 bridgehead atoms. The number of hydrogen-bond donors (Lipinski definition) is 1. The summed E-state index contributed by atoms with van der Waals surface area (Å²) in [6.07, 6.45) is 4.84. The molecule has 2 heterocycles. The molecule has 0 saturated carbocycles. The van der Waals surface area contributed by atoms with Crippen molar-refractivity contribution in [3.63, 3.8) is 0 Å². The van der Waals surface area contributed by atoms with Gasteiger partial charge in [0.25, 0.3) is 0 Å². The zero-order chi connectivity index (χ0) is 15.9. The zero-order valence-corrected chi connectivity index (χ0v) is 14.1. The van der Waals surface area contributed by atoms with Gasteiger partial charge in [0.2, 0.25) is 5.91 Å². The Bertz CT molecular complexity index is 483. The molecular weight excluding hydrogens is 276 g/mol. The minimum atomic E-state index is 0.151. The van der Waals surface area contributed by atoms with Gasteiger partial charge in [-0.3, -0.25) is 4.79 Å². The van der Waals surface area contributed by atoms with Crippen LogP contribution < -0.4 is 5.32 Å². The maximum Gasteiger partial charge on any atom is 0.220 e. The van der Waals surface area contributed by atoms with Crippen molar-refractivity contribution in [2.24, 2.45) is 5.92 Å². The number of nitrogens with one attached hydrogen (secondary N) is 1. The van der Waals surface area contributed by atoms with Crippen LogP contribution >= 0.6 is 0 Å². The monoisotopic (exact) mass is 304 g/mol. The molecule has 1 fully saturated rings. The van der Waals surface area contributed by atoms with Crippen LogP contribution in [0.5, 0.6) is 0 Å². The van der Waals surface area contributed by atoms with Crippen LogP contribution in [0.4, 0.5) is 0 Å². The summed E-state index contributed by atoms with van der Waals surface area (Å²) in [6.45, 7) is 6.88. The number of aromatic nitrogens is 2. The van der Waals surface area contributed by atoms with Gasteiger partial charge in [0, 0.05) is 37.3 Å². The normalized spacial score (nSPS) is 19.1. The Hall–Kier alpha value is -1.49. The Morgan fingerprint density at radius 2 is 2.09 bits per heavy atom. The van der Waals surface area contributed by atoms with E-state index in [1.165, 1.54) is 19.4 Å². The van der Waals surface area contributed by atoms with Crippen molar-refractivity contribution in [2.75, 3.05) is 26.7 Å². The van der Waals surface area contributed by atoms with Crippen LogP contribution in [0, 0.1) is 19.8 Å². The fraction of sp³-hybridized carbons (Fsp3) is 0.706. The molecule has 0 aromatic carbocycles. The van der Waals surface area contributed by atoms with E-state index in [0.717, 1.165) is 30.2 Å². The Kier molecular flexibility index (Phi) is 6.31. The summed E-state index contributed by atoms with van der Waals surface area (Å²) in [4.78, 5) is 23.1. The number of hydrogen-bond acceptors (Lipinski definition) is 4. The lowest BCUT2D eigenvalue weighted by Gasteiger charge is -2.29. The molecule has 22 heavy (non-hydrogen) atoms. The second-order valence-corrected chi connectivity index (χ2v) is 6.48. The molecule has 1 aliphatic rings. The summed E-state index contributed by atoms with van der Waals surface area (Å²) in [5.41, 5.74) is 1.96. The molecule has 5 nitrogen and oxygen atoms in total. The third-order valence-corrected chi connectivity index (χ3v) is 4.20. The average Bonchev–Trinajstić information content (AvgIpc) is 2.44. The second kappa shape index (κ2) is 8.22. The van der Waals surface area contributed by atoms with E-state index in [1.807, 2.05) is 19.9 Å². The van der Waals surface area contributed by atoms with Crippen molar-refractivity contribution in [1.29, 1.82) is 0 Å². The Labute approximate surface area is 133 Å². The molecule has 1 aliphatic heterocycles. The lowest BCUT2D eigenvalue weighted by atomic mass is 9.93. The van der Waals surface area contributed by atoms with Crippen molar-refractivity contribution >= 4 is 5.91 Å². The number of likely N-dealkylation sites (tertiary alicyclic amines) is 1. The highest BCUT2D eigenvalue weighted by atomic mass is 16.1. The van der Waals surface area contributed by atoms with Gasteiger partial charge in [-0.05, 0) is 58.7 Å². The fourth-order valence-electron chi connectivity index (χ4n) is 3.16. The number of carbonyl (C=O) groups is 1. The molecule has 0 radical (unpaired) electrons. The van der Waals surface area contributed by atoms with Gasteiger partial charge in [-0.25, -0.2) is 9.97 Å². The summed E-state index contributed by atoms with van der Waals surface area (Å²) in [5.74, 6) is 1.64. The Morgan fingerprint density at radius 3 is 2.77 bits per heavy atom. The summed E-state index contributed by atoms with van der Waals surface area (Å²) in [5, 5.41) is 2.99. The average molecular weight is 304 g/mol. The SMILES string of the molecule is Cc1cc(C)nc(CCNC(=O)CCC2CCCN(C)C2)n1. The maximum atomic E-state index is 11.9. The van der Waals surface area contributed by atoms with E-state index in [4.69, 9.17) is 0 Å². The van der Waals surface area contributed by atoms with E-state index in [-0.39, 0.29) is 5.91 Å². The molecule has 1 atom stereocenters. The van der Waals surface area contributed by atoms with Crippen LogP contribution in [0.1, 0.15) is 42.9 Å². The fourth-order valence-corrected chi connectivity index (χ4v) is 3.16. The predicted octanol–water partition coefficient (Wildman–Crippen LogP) is 1.87. The molecule has 0 aliphatic carbocycles. The van der Waals surface area contributed by atoms with Crippen LogP contribution in [0.15, 0.2) is 6.07 Å². The van der Waals surface area contributed by atoms with E-state index in [2.05, 4.69) is 27.2 Å². The van der Waals surface area contributed by atoms with Gasteiger partial charge in [0.1, 0.15) is 5.82 Å². The first-order valence-electron chi connectivity index (χ1n) is 8.29. The number of piperidine rings is 1. The summed E-state index contributed by atoms with van der Waals surface area (Å²) in [7, 11) is 2.16. The number of amides is 1. The van der Waals surface area contributed by atoms with Crippen LogP contribution in [0.25, 0.3) is 0 Å². The largest absolute Gasteiger partial charge is 0.356 e. The van der Waals surface area contributed by atoms with Crippen LogP contribution in [-0.2, 0) is 11.2 Å². The minimum Gasteiger partial charge on any atom is -0.356 e. The van der Waals surface area contributed by atoms with E-state index in [0.29, 0.717) is 25.3 Å². The highest BCUT2D eigenvalue weighted by Gasteiger charge is 2.17. The molecule has 1 N–H and O–H groups in total. The predicted molar refractivity (Wildman–Crippen MR) is 87.7 cm³/mol. The van der Waals surface area contributed by atoms with E-state index < -0.39 is 0 Å². The highest BCUT2D eigenvalue weighted by Crippen LogP contribution is 2.19. The Morgan fingerprint density at radius 1 is 1.36 bits per heavy atom. The molecule has 1 saturated heterocycles. The number of aryl methyl sites for hydroxylation is 2. The molecule has 1 amide bonds. The van der Waals surface area contributed by atoms with Gasteiger partial charge < -0.3 is 10.2 Å². The van der Waals surface area contributed by atoms with Crippen molar-refractivity contribution in [3.05, 3.63) is 23.3 Å². The summed E-state index contributed by atoms with van der Waals surface area (Å²) < 4.78 is 0. The summed E-state index contributed by atoms with van der Waals surface area (Å²) >= 11 is 0. The topological polar surface area (TPSA) is 58.1 Å². The summed E-state index contributed by atoms with van der Waals surface area (Å²) in [6, 6.07) is 1.96. The van der Waals surface area contributed by atoms with Crippen LogP contribution in [0.3, 0.4) is 0 Å². The van der Waals surface area contributed by atoms with Crippen LogP contribution in [-0.4, -0.2) is 47.5 Å². The number of rotatable bonds is 6. The van der Waals surface area contributed by atoms with E-state index in [9.17, 15) is 4.79 Å². The second-order valence-electron chi connectivity index (χ2n) is 6.48. The molecule has 2 rings (SSSR count). The molecule has 122 valence electrons. The smallest absolute Gasteiger partial charge is 0.220 e. The van der Waals surface area contributed by atoms with Gasteiger partial charge in [-0.1, -0.05) is 0 Å². The van der Waals surface area contributed by atoms with Crippen molar-refractivity contribution in [3.8, 4) is 0 Å². The first-order chi connectivity index (χ1) is 10.5. The van der Waals surface area contributed by atoms with Crippen molar-refractivity contribution in [2.45, 2.75) is 46.0 Å². The lowest BCUT2D eigenvalue weighted by molar-refractivity contribution is -0.121. The molecule has 5 heteroatoms. The van der Waals surface area contributed by atoms with Gasteiger partial charge in [0.15, 0.2) is 0 Å². The highest BCUT2D eigenvalue weighted by molar-refractivity contribution is 5.75. The van der Waals surface area contributed by atoms with Gasteiger partial charge in [-0.15, -0.1) is 0 Å². The molecule has 1 aromatic rings. The minimum absolute atomic E-state index is 0.151. The molecule has 0 spiro atoms. The lowest BCUT2D eigenvalue weighted by Crippen LogP contribution is -2.33. The third-order valence-electron chi connectivity index (χ3n) is 4.20. The Balaban J connectivity index is 1.65. The first-order valence-corrected chi connectivity index (χ1v) is 8.29. The van der Waals surface area contributed by atoms with Gasteiger partial charge >= 0.3 is 0 Å². The number of nitrogens with zero attached hydrogens (tertiary/aromatic N) is 3. The van der Waals surface area contributed by atoms with Gasteiger partial charge in [0.05, 0.1) is 0 Å². The van der Waals surface area contributed by atoms with E-state index in [1.54, 1.807) is 0 Å². The van der Waals surface area contributed by atoms with Crippen LogP contribution in [0.2, 0.25) is 0 Å². The van der Waals surface area contributed by atoms with Gasteiger partial charge in [-0.2, -0.15) is 0 Å². The molecule has 1 aromatic heterocycles. The molecular formula is C17H28N4O. The van der Waals surface area contributed by atoms with E-state index >= 15 is 0 Å². The maximum absolute atomic E-state index is 11.9. The standard InChI is InChI=1S/C17H28N4O/c1-13-11-14(2)20-16(19-13)8-9-18-17(22)7-6-15-5-4-10-21(3)12-15/h11,15H,4-10,12H2,1-3H3,(H,18,22).